The molecule has 0 aliphatic heterocycles. The Bertz CT molecular complexity index is 1460. The molecule has 2 aromatic heterocycles. The Balaban J connectivity index is 1.55. The second-order valence-electron chi connectivity index (χ2n) is 7.54. The molecule has 0 radical (unpaired) electrons. The lowest BCUT2D eigenvalue weighted by atomic mass is 10.0. The van der Waals surface area contributed by atoms with E-state index in [1.807, 2.05) is 61.5 Å². The molecular formula is C25H21NO3S. The summed E-state index contributed by atoms with van der Waals surface area (Å²) in [6, 6.07) is 22.6. The Morgan fingerprint density at radius 3 is 2.27 bits per heavy atom. The van der Waals surface area contributed by atoms with Gasteiger partial charge in [0.2, 0.25) is 0 Å². The Kier molecular flexibility index (Phi) is 4.48. The van der Waals surface area contributed by atoms with Crippen LogP contribution in [0.4, 0.5) is 0 Å². The average Bonchev–Trinajstić information content (AvgIpc) is 3.34. The molecule has 0 bridgehead atoms. The number of para-hydroxylation sites is 2. The number of aromatic nitrogens is 1. The van der Waals surface area contributed by atoms with Crippen LogP contribution in [0.25, 0.3) is 21.9 Å². The summed E-state index contributed by atoms with van der Waals surface area (Å²) in [7, 11) is -3.67. The minimum absolute atomic E-state index is 0.293. The number of fused-ring (bicyclic) bond motifs is 2. The Morgan fingerprint density at radius 1 is 0.800 bits per heavy atom. The molecule has 2 heterocycles. The van der Waals surface area contributed by atoms with Crippen LogP contribution in [0.15, 0.2) is 94.6 Å². The molecule has 0 amide bonds. The number of nitrogens with zero attached hydrogens (tertiary/aromatic N) is 1. The highest BCUT2D eigenvalue weighted by Gasteiger charge is 2.21. The average molecular weight is 416 g/mol. The zero-order valence-electron chi connectivity index (χ0n) is 16.6. The van der Waals surface area contributed by atoms with Crippen LogP contribution in [0.3, 0.4) is 0 Å². The number of benzene rings is 3. The van der Waals surface area contributed by atoms with Gasteiger partial charge >= 0.3 is 0 Å². The highest BCUT2D eigenvalue weighted by atomic mass is 32.2. The summed E-state index contributed by atoms with van der Waals surface area (Å²) in [5, 5.41) is 2.06. The fourth-order valence-electron chi connectivity index (χ4n) is 3.94. The Labute approximate surface area is 175 Å². The van der Waals surface area contributed by atoms with Crippen LogP contribution >= 0.6 is 0 Å². The van der Waals surface area contributed by atoms with E-state index in [0.717, 1.165) is 45.9 Å². The highest BCUT2D eigenvalue weighted by Crippen LogP contribution is 2.28. The van der Waals surface area contributed by atoms with Crippen molar-refractivity contribution in [3.63, 3.8) is 0 Å². The maximum atomic E-state index is 13.3. The van der Waals surface area contributed by atoms with Gasteiger partial charge in [-0.25, -0.2) is 12.4 Å². The molecule has 4 nitrogen and oxygen atoms in total. The van der Waals surface area contributed by atoms with Gasteiger partial charge in [-0.05, 0) is 55.2 Å². The summed E-state index contributed by atoms with van der Waals surface area (Å²) in [6.07, 6.45) is 5.06. The van der Waals surface area contributed by atoms with Gasteiger partial charge in [0.25, 0.3) is 10.0 Å². The van der Waals surface area contributed by atoms with Gasteiger partial charge in [-0.1, -0.05) is 54.1 Å². The molecule has 150 valence electrons. The van der Waals surface area contributed by atoms with E-state index in [1.54, 1.807) is 24.6 Å². The first-order chi connectivity index (χ1) is 14.5. The maximum absolute atomic E-state index is 13.3. The summed E-state index contributed by atoms with van der Waals surface area (Å²) in [6.45, 7) is 1.94. The van der Waals surface area contributed by atoms with Crippen LogP contribution in [0.5, 0.6) is 0 Å². The monoisotopic (exact) mass is 415 g/mol. The first-order valence-corrected chi connectivity index (χ1v) is 11.3. The molecule has 0 spiro atoms. The second-order valence-corrected chi connectivity index (χ2v) is 9.36. The largest absolute Gasteiger partial charge is 0.464 e. The van der Waals surface area contributed by atoms with E-state index in [9.17, 15) is 8.42 Å². The minimum Gasteiger partial charge on any atom is -0.464 e. The number of rotatable bonds is 5. The standard InChI is InChI=1S/C25H21NO3S/c1-18-10-14-21(15-11-18)30(27,28)26-16-19(22-6-2-4-8-24(22)26)12-13-20-17-29-25-9-5-3-7-23(20)25/h2-11,14-17H,12-13H2,1H3. The quantitative estimate of drug-likeness (QED) is 0.369. The van der Waals surface area contributed by atoms with Crippen LogP contribution < -0.4 is 0 Å². The van der Waals surface area contributed by atoms with E-state index in [-0.39, 0.29) is 0 Å². The van der Waals surface area contributed by atoms with Crippen molar-refractivity contribution in [2.75, 3.05) is 0 Å². The Hall–Kier alpha value is -3.31. The topological polar surface area (TPSA) is 52.2 Å². The molecule has 0 N–H and O–H groups in total. The van der Waals surface area contributed by atoms with Gasteiger partial charge in [0, 0.05) is 17.0 Å². The zero-order chi connectivity index (χ0) is 20.7. The van der Waals surface area contributed by atoms with Gasteiger partial charge in [0.05, 0.1) is 16.7 Å². The van der Waals surface area contributed by atoms with E-state index >= 15 is 0 Å². The summed E-state index contributed by atoms with van der Waals surface area (Å²) in [5.41, 5.74) is 4.73. The van der Waals surface area contributed by atoms with Crippen molar-refractivity contribution in [3.05, 3.63) is 102 Å². The molecule has 3 aromatic carbocycles. The van der Waals surface area contributed by atoms with E-state index < -0.39 is 10.0 Å². The molecule has 5 aromatic rings. The van der Waals surface area contributed by atoms with E-state index in [4.69, 9.17) is 4.42 Å². The van der Waals surface area contributed by atoms with Gasteiger partial charge in [-0.3, -0.25) is 0 Å². The fraction of sp³-hybridized carbons (Fsp3) is 0.120. The summed E-state index contributed by atoms with van der Waals surface area (Å²) >= 11 is 0. The first-order valence-electron chi connectivity index (χ1n) is 9.90. The number of hydrogen-bond donors (Lipinski definition) is 0. The molecule has 0 saturated heterocycles. The van der Waals surface area contributed by atoms with Crippen molar-refractivity contribution in [1.29, 1.82) is 0 Å². The lowest BCUT2D eigenvalue weighted by molar-refractivity contribution is 0.589. The predicted molar refractivity (Wildman–Crippen MR) is 119 cm³/mol. The molecule has 0 unspecified atom stereocenters. The minimum atomic E-state index is -3.67. The van der Waals surface area contributed by atoms with Gasteiger partial charge in [-0.2, -0.15) is 0 Å². The number of furan rings is 1. The van der Waals surface area contributed by atoms with Crippen LogP contribution in [-0.2, 0) is 22.9 Å². The zero-order valence-corrected chi connectivity index (χ0v) is 17.4. The SMILES string of the molecule is Cc1ccc(S(=O)(=O)n2cc(CCc3coc4ccccc34)c3ccccc32)cc1. The highest BCUT2D eigenvalue weighted by molar-refractivity contribution is 7.90. The molecule has 5 rings (SSSR count). The van der Waals surface area contributed by atoms with E-state index in [1.165, 1.54) is 3.97 Å². The van der Waals surface area contributed by atoms with Crippen molar-refractivity contribution in [2.45, 2.75) is 24.7 Å². The maximum Gasteiger partial charge on any atom is 0.268 e. The van der Waals surface area contributed by atoms with E-state index in [2.05, 4.69) is 6.07 Å². The molecule has 5 heteroatoms. The van der Waals surface area contributed by atoms with Crippen LogP contribution in [0.2, 0.25) is 0 Å². The van der Waals surface area contributed by atoms with Crippen molar-refractivity contribution < 1.29 is 12.8 Å². The second kappa shape index (κ2) is 7.18. The van der Waals surface area contributed by atoms with Crippen molar-refractivity contribution in [1.82, 2.24) is 3.97 Å². The van der Waals surface area contributed by atoms with Crippen LogP contribution in [-0.4, -0.2) is 12.4 Å². The third-order valence-corrected chi connectivity index (χ3v) is 7.25. The van der Waals surface area contributed by atoms with Crippen molar-refractivity contribution >= 4 is 31.9 Å². The molecule has 30 heavy (non-hydrogen) atoms. The number of aryl methyl sites for hydroxylation is 3. The van der Waals surface area contributed by atoms with Gasteiger partial charge in [0.15, 0.2) is 0 Å². The van der Waals surface area contributed by atoms with Gasteiger partial charge in [0.1, 0.15) is 5.58 Å². The lowest BCUT2D eigenvalue weighted by Crippen LogP contribution is -2.11. The summed E-state index contributed by atoms with van der Waals surface area (Å²) in [5.74, 6) is 0. The summed E-state index contributed by atoms with van der Waals surface area (Å²) < 4.78 is 33.7. The Morgan fingerprint density at radius 2 is 1.47 bits per heavy atom. The molecule has 0 atom stereocenters. The smallest absolute Gasteiger partial charge is 0.268 e. The van der Waals surface area contributed by atoms with E-state index in [0.29, 0.717) is 10.4 Å². The molecule has 0 aliphatic rings. The first kappa shape index (κ1) is 18.7. The molecule has 0 aliphatic carbocycles. The van der Waals surface area contributed by atoms with Gasteiger partial charge < -0.3 is 4.42 Å². The van der Waals surface area contributed by atoms with Crippen molar-refractivity contribution in [3.8, 4) is 0 Å². The third kappa shape index (κ3) is 3.12. The van der Waals surface area contributed by atoms with Crippen LogP contribution in [0.1, 0.15) is 16.7 Å². The van der Waals surface area contributed by atoms with Crippen LogP contribution in [0, 0.1) is 6.92 Å². The number of hydrogen-bond acceptors (Lipinski definition) is 3. The van der Waals surface area contributed by atoms with Crippen molar-refractivity contribution in [2.24, 2.45) is 0 Å². The molecular weight excluding hydrogens is 394 g/mol. The summed E-state index contributed by atoms with van der Waals surface area (Å²) in [4.78, 5) is 0.293. The molecule has 0 fully saturated rings. The lowest BCUT2D eigenvalue weighted by Gasteiger charge is -2.07. The normalized spacial score (nSPS) is 12.0. The third-order valence-electron chi connectivity index (χ3n) is 5.56. The predicted octanol–water partition coefficient (Wildman–Crippen LogP) is 5.72. The fourth-order valence-corrected chi connectivity index (χ4v) is 5.33. The molecule has 0 saturated carbocycles. The van der Waals surface area contributed by atoms with Gasteiger partial charge in [-0.15, -0.1) is 0 Å².